The second kappa shape index (κ2) is 8.51. The van der Waals surface area contributed by atoms with E-state index in [2.05, 4.69) is 4.74 Å². The van der Waals surface area contributed by atoms with Gasteiger partial charge in [-0.1, -0.05) is 12.1 Å². The van der Waals surface area contributed by atoms with Crippen molar-refractivity contribution in [1.82, 2.24) is 4.31 Å². The highest BCUT2D eigenvalue weighted by molar-refractivity contribution is 7.89. The number of ether oxygens (including phenoxy) is 3. The predicted octanol–water partition coefficient (Wildman–Crippen LogP) is 2.07. The van der Waals surface area contributed by atoms with Crippen LogP contribution in [0.2, 0.25) is 0 Å². The molecule has 0 radical (unpaired) electrons. The summed E-state index contributed by atoms with van der Waals surface area (Å²) in [6, 6.07) is 13.3. The molecule has 2 aromatic carbocycles. The van der Waals surface area contributed by atoms with Crippen molar-refractivity contribution in [3.05, 3.63) is 59.7 Å². The van der Waals surface area contributed by atoms with E-state index in [9.17, 15) is 13.2 Å². The zero-order chi connectivity index (χ0) is 19.3. The largest absolute Gasteiger partial charge is 0.489 e. The molecular formula is C19H21NO6S. The lowest BCUT2D eigenvalue weighted by molar-refractivity contribution is 0.0600. The number of carbonyl (C=O) groups excluding carboxylic acids is 1. The Hall–Kier alpha value is -2.42. The SMILES string of the molecule is COC(=O)c1ccc(COc2ccc(S(=O)(=O)N3CCOCC3)cc2)cc1. The minimum atomic E-state index is -3.51. The number of hydrogen-bond donors (Lipinski definition) is 0. The number of sulfonamides is 1. The Morgan fingerprint density at radius 3 is 2.26 bits per heavy atom. The summed E-state index contributed by atoms with van der Waals surface area (Å²) in [4.78, 5) is 11.7. The Bertz CT molecular complexity index is 871. The summed E-state index contributed by atoms with van der Waals surface area (Å²) in [5.41, 5.74) is 1.35. The number of benzene rings is 2. The van der Waals surface area contributed by atoms with Crippen LogP contribution in [0.3, 0.4) is 0 Å². The Morgan fingerprint density at radius 1 is 1.04 bits per heavy atom. The third-order valence-corrected chi connectivity index (χ3v) is 6.12. The minimum absolute atomic E-state index is 0.235. The summed E-state index contributed by atoms with van der Waals surface area (Å²) in [5, 5.41) is 0. The lowest BCUT2D eigenvalue weighted by atomic mass is 10.1. The maximum atomic E-state index is 12.6. The maximum Gasteiger partial charge on any atom is 0.337 e. The van der Waals surface area contributed by atoms with E-state index >= 15 is 0 Å². The summed E-state index contributed by atoms with van der Waals surface area (Å²) in [7, 11) is -2.17. The molecule has 8 heteroatoms. The molecule has 0 aliphatic carbocycles. The summed E-state index contributed by atoms with van der Waals surface area (Å²) < 4.78 is 42.1. The fraction of sp³-hybridized carbons (Fsp3) is 0.316. The molecule has 1 aliphatic rings. The molecule has 0 N–H and O–H groups in total. The van der Waals surface area contributed by atoms with Crippen molar-refractivity contribution in [2.24, 2.45) is 0 Å². The lowest BCUT2D eigenvalue weighted by Crippen LogP contribution is -2.40. The van der Waals surface area contributed by atoms with Crippen molar-refractivity contribution in [2.75, 3.05) is 33.4 Å². The molecule has 27 heavy (non-hydrogen) atoms. The Morgan fingerprint density at radius 2 is 1.67 bits per heavy atom. The average Bonchev–Trinajstić information content (AvgIpc) is 2.73. The molecule has 0 saturated carbocycles. The molecule has 1 saturated heterocycles. The van der Waals surface area contributed by atoms with Crippen LogP contribution in [0, 0.1) is 0 Å². The highest BCUT2D eigenvalue weighted by Crippen LogP contribution is 2.21. The van der Waals surface area contributed by atoms with Gasteiger partial charge >= 0.3 is 5.97 Å². The number of nitrogens with zero attached hydrogens (tertiary/aromatic N) is 1. The van der Waals surface area contributed by atoms with Gasteiger partial charge in [0.2, 0.25) is 10.0 Å². The van der Waals surface area contributed by atoms with Gasteiger partial charge in [-0.15, -0.1) is 0 Å². The monoisotopic (exact) mass is 391 g/mol. The molecule has 0 aromatic heterocycles. The standard InChI is InChI=1S/C19H21NO6S/c1-24-19(21)16-4-2-15(3-5-16)14-26-17-6-8-18(9-7-17)27(22,23)20-10-12-25-13-11-20/h2-9H,10-14H2,1H3. The zero-order valence-electron chi connectivity index (χ0n) is 15.0. The van der Waals surface area contributed by atoms with Gasteiger partial charge in [0, 0.05) is 13.1 Å². The van der Waals surface area contributed by atoms with Crippen molar-refractivity contribution in [3.8, 4) is 5.75 Å². The van der Waals surface area contributed by atoms with Gasteiger partial charge in [0.25, 0.3) is 0 Å². The first-order valence-electron chi connectivity index (χ1n) is 8.49. The van der Waals surface area contributed by atoms with Crippen molar-refractivity contribution in [1.29, 1.82) is 0 Å². The average molecular weight is 391 g/mol. The van der Waals surface area contributed by atoms with Crippen LogP contribution in [0.4, 0.5) is 0 Å². The van der Waals surface area contributed by atoms with Crippen LogP contribution in [0.5, 0.6) is 5.75 Å². The lowest BCUT2D eigenvalue weighted by Gasteiger charge is -2.26. The van der Waals surface area contributed by atoms with Crippen LogP contribution in [0.25, 0.3) is 0 Å². The van der Waals surface area contributed by atoms with E-state index in [1.54, 1.807) is 48.5 Å². The Labute approximate surface area is 158 Å². The molecule has 1 fully saturated rings. The molecule has 7 nitrogen and oxygen atoms in total. The van der Waals surface area contributed by atoms with Crippen LogP contribution in [-0.4, -0.2) is 52.1 Å². The van der Waals surface area contributed by atoms with Gasteiger partial charge in [-0.05, 0) is 42.0 Å². The second-order valence-corrected chi connectivity index (χ2v) is 7.90. The molecule has 3 rings (SSSR count). The number of methoxy groups -OCH3 is 1. The van der Waals surface area contributed by atoms with Gasteiger partial charge in [0.1, 0.15) is 12.4 Å². The number of hydrogen-bond acceptors (Lipinski definition) is 6. The molecule has 2 aromatic rings. The van der Waals surface area contributed by atoms with Crippen LogP contribution in [0.15, 0.2) is 53.4 Å². The molecule has 144 valence electrons. The van der Waals surface area contributed by atoms with Crippen molar-refractivity contribution >= 4 is 16.0 Å². The molecule has 0 amide bonds. The first-order chi connectivity index (χ1) is 13.0. The molecule has 0 bridgehead atoms. The third-order valence-electron chi connectivity index (χ3n) is 4.21. The summed E-state index contributed by atoms with van der Waals surface area (Å²) in [5.74, 6) is 0.174. The van der Waals surface area contributed by atoms with Gasteiger partial charge in [0.05, 0.1) is 30.8 Å². The van der Waals surface area contributed by atoms with Gasteiger partial charge in [-0.2, -0.15) is 4.31 Å². The normalized spacial score (nSPS) is 15.3. The van der Waals surface area contributed by atoms with Crippen LogP contribution < -0.4 is 4.74 Å². The van der Waals surface area contributed by atoms with E-state index in [4.69, 9.17) is 9.47 Å². The molecule has 1 heterocycles. The van der Waals surface area contributed by atoms with Gasteiger partial charge in [-0.3, -0.25) is 0 Å². The second-order valence-electron chi connectivity index (χ2n) is 5.97. The smallest absolute Gasteiger partial charge is 0.337 e. The topological polar surface area (TPSA) is 82.1 Å². The van der Waals surface area contributed by atoms with Crippen molar-refractivity contribution in [3.63, 3.8) is 0 Å². The van der Waals surface area contributed by atoms with E-state index in [1.807, 2.05) is 0 Å². The van der Waals surface area contributed by atoms with Crippen LogP contribution in [-0.2, 0) is 26.1 Å². The Kier molecular flexibility index (Phi) is 6.10. The predicted molar refractivity (Wildman–Crippen MR) is 98.1 cm³/mol. The van der Waals surface area contributed by atoms with E-state index in [0.29, 0.717) is 44.2 Å². The summed E-state index contributed by atoms with van der Waals surface area (Å²) >= 11 is 0. The fourth-order valence-corrected chi connectivity index (χ4v) is 4.07. The van der Waals surface area contributed by atoms with Crippen molar-refractivity contribution in [2.45, 2.75) is 11.5 Å². The van der Waals surface area contributed by atoms with E-state index in [0.717, 1.165) is 5.56 Å². The number of carbonyl (C=O) groups is 1. The summed E-state index contributed by atoms with van der Waals surface area (Å²) in [6.07, 6.45) is 0. The van der Waals surface area contributed by atoms with Crippen LogP contribution in [0.1, 0.15) is 15.9 Å². The van der Waals surface area contributed by atoms with E-state index < -0.39 is 10.0 Å². The first-order valence-corrected chi connectivity index (χ1v) is 9.93. The van der Waals surface area contributed by atoms with Crippen LogP contribution >= 0.6 is 0 Å². The fourth-order valence-electron chi connectivity index (χ4n) is 2.67. The number of morpholine rings is 1. The quantitative estimate of drug-likeness (QED) is 0.701. The van der Waals surface area contributed by atoms with Gasteiger partial charge < -0.3 is 14.2 Å². The van der Waals surface area contributed by atoms with Gasteiger partial charge in [0.15, 0.2) is 0 Å². The van der Waals surface area contributed by atoms with E-state index in [-0.39, 0.29) is 10.9 Å². The molecule has 0 spiro atoms. The number of esters is 1. The van der Waals surface area contributed by atoms with Crippen molar-refractivity contribution < 1.29 is 27.4 Å². The highest BCUT2D eigenvalue weighted by atomic mass is 32.2. The molecular weight excluding hydrogens is 370 g/mol. The zero-order valence-corrected chi connectivity index (χ0v) is 15.8. The number of rotatable bonds is 6. The summed E-state index contributed by atoms with van der Waals surface area (Å²) in [6.45, 7) is 1.85. The third kappa shape index (κ3) is 4.65. The first kappa shape index (κ1) is 19.3. The Balaban J connectivity index is 1.61. The molecule has 0 unspecified atom stereocenters. The molecule has 0 atom stereocenters. The van der Waals surface area contributed by atoms with E-state index in [1.165, 1.54) is 11.4 Å². The highest BCUT2D eigenvalue weighted by Gasteiger charge is 2.26. The van der Waals surface area contributed by atoms with Gasteiger partial charge in [-0.25, -0.2) is 13.2 Å². The maximum absolute atomic E-state index is 12.6. The molecule has 1 aliphatic heterocycles. The minimum Gasteiger partial charge on any atom is -0.489 e.